The van der Waals surface area contributed by atoms with E-state index in [1.807, 2.05) is 0 Å². The van der Waals surface area contributed by atoms with Crippen molar-refractivity contribution in [3.8, 4) is 0 Å². The van der Waals surface area contributed by atoms with Gasteiger partial charge in [0.05, 0.1) is 5.69 Å². The van der Waals surface area contributed by atoms with Crippen LogP contribution in [0.1, 0.15) is 31.2 Å². The Morgan fingerprint density at radius 1 is 1.39 bits per heavy atom. The number of rotatable bonds is 4. The molecule has 6 nitrogen and oxygen atoms in total. The smallest absolute Gasteiger partial charge is 0.412 e. The zero-order valence-electron chi connectivity index (χ0n) is 12.8. The van der Waals surface area contributed by atoms with Gasteiger partial charge in [-0.2, -0.15) is 0 Å². The van der Waals surface area contributed by atoms with E-state index in [9.17, 15) is 14.0 Å². The first-order chi connectivity index (χ1) is 11.0. The van der Waals surface area contributed by atoms with Gasteiger partial charge in [-0.05, 0) is 31.2 Å². The highest BCUT2D eigenvalue weighted by atomic mass is 19.1. The fourth-order valence-corrected chi connectivity index (χ4v) is 3.36. The number of nitrogens with two attached hydrogens (primary N) is 1. The van der Waals surface area contributed by atoms with Gasteiger partial charge in [0.2, 0.25) is 5.91 Å². The molecule has 1 saturated heterocycles. The van der Waals surface area contributed by atoms with Crippen molar-refractivity contribution in [2.75, 3.05) is 25.0 Å². The van der Waals surface area contributed by atoms with Gasteiger partial charge in [-0.25, -0.2) is 9.18 Å². The molecular formula is C16H20FN3O3. The van der Waals surface area contributed by atoms with Crippen molar-refractivity contribution in [2.24, 2.45) is 5.73 Å². The molecule has 124 valence electrons. The summed E-state index contributed by atoms with van der Waals surface area (Å²) in [6.45, 7) is 2.23. The number of ether oxygens (including phenoxy) is 1. The number of fused-ring (bicyclic) bond motifs is 2. The predicted molar refractivity (Wildman–Crippen MR) is 82.3 cm³/mol. The minimum Gasteiger partial charge on any atom is -0.438 e. The van der Waals surface area contributed by atoms with Gasteiger partial charge in [0, 0.05) is 37.9 Å². The van der Waals surface area contributed by atoms with E-state index >= 15 is 0 Å². The van der Waals surface area contributed by atoms with Gasteiger partial charge >= 0.3 is 6.09 Å². The van der Waals surface area contributed by atoms with E-state index in [-0.39, 0.29) is 11.7 Å². The van der Waals surface area contributed by atoms with Crippen molar-refractivity contribution in [1.29, 1.82) is 0 Å². The number of nitrogens with zero attached hydrogens (tertiary/aromatic N) is 1. The molecule has 0 aromatic heterocycles. The van der Waals surface area contributed by atoms with Crippen LogP contribution in [-0.2, 0) is 15.1 Å². The lowest BCUT2D eigenvalue weighted by Crippen LogP contribution is -2.48. The third kappa shape index (κ3) is 3.29. The Bertz CT molecular complexity index is 627. The Balaban J connectivity index is 1.71. The van der Waals surface area contributed by atoms with E-state index in [0.717, 1.165) is 26.1 Å². The van der Waals surface area contributed by atoms with Crippen LogP contribution >= 0.6 is 0 Å². The number of primary amides is 1. The zero-order valence-corrected chi connectivity index (χ0v) is 12.8. The summed E-state index contributed by atoms with van der Waals surface area (Å²) in [6.07, 6.45) is 1.80. The number of piperidine rings is 1. The SMILES string of the molecule is NC(=O)CCCN1CCC2(CC1)OC(=O)Nc1ccc(F)cc12. The van der Waals surface area contributed by atoms with Crippen molar-refractivity contribution in [3.05, 3.63) is 29.6 Å². The number of likely N-dealkylation sites (tertiary alicyclic amines) is 1. The molecule has 1 spiro atoms. The number of amides is 2. The first-order valence-corrected chi connectivity index (χ1v) is 7.79. The third-order valence-electron chi connectivity index (χ3n) is 4.56. The number of hydrogen-bond donors (Lipinski definition) is 2. The highest BCUT2D eigenvalue weighted by Crippen LogP contribution is 2.43. The van der Waals surface area contributed by atoms with Crippen LogP contribution in [0.3, 0.4) is 0 Å². The van der Waals surface area contributed by atoms with E-state index in [0.29, 0.717) is 30.5 Å². The van der Waals surface area contributed by atoms with Gasteiger partial charge in [0.15, 0.2) is 0 Å². The van der Waals surface area contributed by atoms with Crippen LogP contribution in [0.25, 0.3) is 0 Å². The monoisotopic (exact) mass is 321 g/mol. The van der Waals surface area contributed by atoms with Crippen molar-refractivity contribution in [1.82, 2.24) is 4.90 Å². The Hall–Kier alpha value is -2.15. The molecule has 0 bridgehead atoms. The molecule has 1 aromatic carbocycles. The van der Waals surface area contributed by atoms with E-state index in [1.54, 1.807) is 6.07 Å². The first kappa shape index (κ1) is 15.7. The summed E-state index contributed by atoms with van der Waals surface area (Å²) in [5, 5.41) is 2.62. The van der Waals surface area contributed by atoms with Crippen LogP contribution in [0.4, 0.5) is 14.9 Å². The van der Waals surface area contributed by atoms with Crippen molar-refractivity contribution < 1.29 is 18.7 Å². The van der Waals surface area contributed by atoms with Gasteiger partial charge < -0.3 is 15.4 Å². The van der Waals surface area contributed by atoms with E-state index in [1.165, 1.54) is 12.1 Å². The number of halogens is 1. The van der Waals surface area contributed by atoms with Gasteiger partial charge in [-0.1, -0.05) is 0 Å². The molecule has 0 saturated carbocycles. The first-order valence-electron chi connectivity index (χ1n) is 7.79. The van der Waals surface area contributed by atoms with Crippen molar-refractivity contribution in [3.63, 3.8) is 0 Å². The van der Waals surface area contributed by atoms with Crippen LogP contribution in [0.15, 0.2) is 18.2 Å². The summed E-state index contributed by atoms with van der Waals surface area (Å²) in [5.41, 5.74) is 5.70. The highest BCUT2D eigenvalue weighted by molar-refractivity contribution is 5.88. The number of benzene rings is 1. The normalized spacial score (nSPS) is 19.8. The second-order valence-corrected chi connectivity index (χ2v) is 6.11. The van der Waals surface area contributed by atoms with E-state index in [4.69, 9.17) is 10.5 Å². The van der Waals surface area contributed by atoms with Gasteiger partial charge in [-0.3, -0.25) is 10.1 Å². The number of carbonyl (C=O) groups is 2. The average molecular weight is 321 g/mol. The summed E-state index contributed by atoms with van der Waals surface area (Å²) >= 11 is 0. The van der Waals surface area contributed by atoms with E-state index in [2.05, 4.69) is 10.2 Å². The molecule has 0 unspecified atom stereocenters. The van der Waals surface area contributed by atoms with Gasteiger partial charge in [0.25, 0.3) is 0 Å². The molecule has 1 fully saturated rings. The van der Waals surface area contributed by atoms with Crippen LogP contribution in [0.2, 0.25) is 0 Å². The summed E-state index contributed by atoms with van der Waals surface area (Å²) < 4.78 is 19.2. The third-order valence-corrected chi connectivity index (χ3v) is 4.56. The standard InChI is InChI=1S/C16H20FN3O3/c17-11-3-4-13-12(10-11)16(23-15(22)19-13)5-8-20(9-6-16)7-1-2-14(18)21/h3-4,10H,1-2,5-9H2,(H2,18,21)(H,19,22). The molecule has 2 aliphatic rings. The maximum atomic E-state index is 13.6. The molecule has 1 aromatic rings. The maximum absolute atomic E-state index is 13.6. The molecule has 0 atom stereocenters. The summed E-state index contributed by atoms with van der Waals surface area (Å²) in [5.74, 6) is -0.637. The Morgan fingerprint density at radius 3 is 2.83 bits per heavy atom. The topological polar surface area (TPSA) is 84.7 Å². The second kappa shape index (κ2) is 6.16. The molecule has 2 aliphatic heterocycles. The maximum Gasteiger partial charge on any atom is 0.412 e. The highest BCUT2D eigenvalue weighted by Gasteiger charge is 2.44. The fourth-order valence-electron chi connectivity index (χ4n) is 3.36. The molecule has 0 radical (unpaired) electrons. The summed E-state index contributed by atoms with van der Waals surface area (Å²) in [4.78, 5) is 24.8. The minimum atomic E-state index is -0.764. The number of carbonyl (C=O) groups excluding carboxylic acids is 2. The Morgan fingerprint density at radius 2 is 2.13 bits per heavy atom. The van der Waals surface area contributed by atoms with Gasteiger partial charge in [0.1, 0.15) is 11.4 Å². The molecule has 2 amide bonds. The Kier molecular flexibility index (Phi) is 4.21. The molecule has 7 heteroatoms. The number of hydrogen-bond acceptors (Lipinski definition) is 4. The molecule has 0 aliphatic carbocycles. The predicted octanol–water partition coefficient (Wildman–Crippen LogP) is 1.94. The number of anilines is 1. The largest absolute Gasteiger partial charge is 0.438 e. The van der Waals surface area contributed by atoms with Crippen LogP contribution in [-0.4, -0.2) is 36.5 Å². The van der Waals surface area contributed by atoms with Crippen LogP contribution in [0.5, 0.6) is 0 Å². The minimum absolute atomic E-state index is 0.296. The van der Waals surface area contributed by atoms with E-state index < -0.39 is 11.7 Å². The average Bonchev–Trinajstić information content (AvgIpc) is 2.50. The fraction of sp³-hybridized carbons (Fsp3) is 0.500. The lowest BCUT2D eigenvalue weighted by molar-refractivity contribution is -0.118. The van der Waals surface area contributed by atoms with Crippen molar-refractivity contribution >= 4 is 17.7 Å². The summed E-state index contributed by atoms with van der Waals surface area (Å²) in [6, 6.07) is 4.35. The lowest BCUT2D eigenvalue weighted by Gasteiger charge is -2.44. The molecule has 3 rings (SSSR count). The van der Waals surface area contributed by atoms with Crippen LogP contribution < -0.4 is 11.1 Å². The van der Waals surface area contributed by atoms with Gasteiger partial charge in [-0.15, -0.1) is 0 Å². The summed E-state index contributed by atoms with van der Waals surface area (Å²) in [7, 11) is 0. The van der Waals surface area contributed by atoms with Crippen LogP contribution in [0, 0.1) is 5.82 Å². The lowest BCUT2D eigenvalue weighted by atomic mass is 9.82. The number of nitrogens with one attached hydrogen (secondary N) is 1. The Labute approximate surface area is 133 Å². The quantitative estimate of drug-likeness (QED) is 0.887. The molecular weight excluding hydrogens is 301 g/mol. The molecule has 23 heavy (non-hydrogen) atoms. The molecule has 3 N–H and O–H groups in total. The molecule has 2 heterocycles. The zero-order chi connectivity index (χ0) is 16.4. The van der Waals surface area contributed by atoms with Crippen molar-refractivity contribution in [2.45, 2.75) is 31.3 Å². The second-order valence-electron chi connectivity index (χ2n) is 6.11.